The average Bonchev–Trinajstić information content (AvgIpc) is 2.39. The summed E-state index contributed by atoms with van der Waals surface area (Å²) in [5, 5.41) is 0. The van der Waals surface area contributed by atoms with E-state index in [-0.39, 0.29) is 16.8 Å². The van der Waals surface area contributed by atoms with Gasteiger partial charge in [-0.15, -0.1) is 0 Å². The zero-order valence-electron chi connectivity index (χ0n) is 12.5. The summed E-state index contributed by atoms with van der Waals surface area (Å²) in [7, 11) is 1.56. The first-order valence-electron chi connectivity index (χ1n) is 7.07. The van der Waals surface area contributed by atoms with Crippen LogP contribution in [0.3, 0.4) is 0 Å². The molecule has 0 saturated carbocycles. The van der Waals surface area contributed by atoms with E-state index in [4.69, 9.17) is 10.7 Å². The lowest BCUT2D eigenvalue weighted by Gasteiger charge is -2.38. The van der Waals surface area contributed by atoms with Crippen molar-refractivity contribution < 1.29 is 13.2 Å². The lowest BCUT2D eigenvalue weighted by molar-refractivity contribution is 0.0550. The van der Waals surface area contributed by atoms with Gasteiger partial charge in [0.25, 0.3) is 15.0 Å². The molecular formula is C15H20ClNO3S. The van der Waals surface area contributed by atoms with E-state index in [0.29, 0.717) is 23.6 Å². The molecule has 2 rings (SSSR count). The van der Waals surface area contributed by atoms with Crippen LogP contribution in [-0.4, -0.2) is 31.8 Å². The minimum atomic E-state index is -3.83. The fourth-order valence-corrected chi connectivity index (χ4v) is 3.66. The first-order valence-corrected chi connectivity index (χ1v) is 9.38. The molecule has 0 bridgehead atoms. The summed E-state index contributed by atoms with van der Waals surface area (Å²) < 4.78 is 23.0. The van der Waals surface area contributed by atoms with Crippen LogP contribution in [0.2, 0.25) is 0 Å². The Kier molecular flexibility index (Phi) is 4.63. The first-order chi connectivity index (χ1) is 9.70. The molecule has 116 valence electrons. The van der Waals surface area contributed by atoms with E-state index in [0.717, 1.165) is 12.8 Å². The van der Waals surface area contributed by atoms with Gasteiger partial charge in [-0.3, -0.25) is 4.79 Å². The van der Waals surface area contributed by atoms with Gasteiger partial charge in [0.1, 0.15) is 0 Å². The number of carbonyl (C=O) groups is 1. The van der Waals surface area contributed by atoms with Gasteiger partial charge in [-0.2, -0.15) is 0 Å². The van der Waals surface area contributed by atoms with Gasteiger partial charge in [-0.25, -0.2) is 8.42 Å². The van der Waals surface area contributed by atoms with Crippen molar-refractivity contribution in [1.82, 2.24) is 4.90 Å². The van der Waals surface area contributed by atoms with Gasteiger partial charge in [0.2, 0.25) is 0 Å². The molecule has 1 fully saturated rings. The standard InChI is InChI=1S/C15H20ClNO3S/c1-10-7-13(9-14(8-10)21(16,19)20)15(18)17-6-4-5-11(2)12(17)3/h7-9,11-12H,4-6H2,1-3H3. The monoisotopic (exact) mass is 329 g/mol. The molecule has 1 aliphatic heterocycles. The van der Waals surface area contributed by atoms with Crippen molar-refractivity contribution in [3.05, 3.63) is 29.3 Å². The van der Waals surface area contributed by atoms with Crippen molar-refractivity contribution in [2.75, 3.05) is 6.54 Å². The number of amides is 1. The lowest BCUT2D eigenvalue weighted by atomic mass is 9.91. The van der Waals surface area contributed by atoms with E-state index in [1.165, 1.54) is 12.1 Å². The molecule has 0 N–H and O–H groups in total. The van der Waals surface area contributed by atoms with Crippen molar-refractivity contribution in [1.29, 1.82) is 0 Å². The van der Waals surface area contributed by atoms with Gasteiger partial charge in [0.05, 0.1) is 4.90 Å². The summed E-state index contributed by atoms with van der Waals surface area (Å²) in [4.78, 5) is 14.5. The zero-order valence-corrected chi connectivity index (χ0v) is 14.0. The predicted molar refractivity (Wildman–Crippen MR) is 83.1 cm³/mol. The summed E-state index contributed by atoms with van der Waals surface area (Å²) in [5.74, 6) is 0.322. The molecule has 1 saturated heterocycles. The Morgan fingerprint density at radius 2 is 1.95 bits per heavy atom. The van der Waals surface area contributed by atoms with Crippen molar-refractivity contribution in [3.8, 4) is 0 Å². The Hall–Kier alpha value is -1.07. The number of carbonyl (C=O) groups excluding carboxylic acids is 1. The number of halogens is 1. The minimum absolute atomic E-state index is 0.0229. The van der Waals surface area contributed by atoms with E-state index >= 15 is 0 Å². The molecule has 1 heterocycles. The van der Waals surface area contributed by atoms with Gasteiger partial charge in [-0.05, 0) is 56.4 Å². The number of piperidine rings is 1. The third kappa shape index (κ3) is 3.58. The Balaban J connectivity index is 2.37. The zero-order chi connectivity index (χ0) is 15.8. The highest BCUT2D eigenvalue weighted by Crippen LogP contribution is 2.26. The highest BCUT2D eigenvalue weighted by Gasteiger charge is 2.29. The first kappa shape index (κ1) is 16.3. The SMILES string of the molecule is Cc1cc(C(=O)N2CCCC(C)C2C)cc(S(=O)(=O)Cl)c1. The summed E-state index contributed by atoms with van der Waals surface area (Å²) >= 11 is 0. The van der Waals surface area contributed by atoms with Crippen LogP contribution in [0.4, 0.5) is 0 Å². The number of aryl methyl sites for hydroxylation is 1. The second kappa shape index (κ2) is 5.97. The van der Waals surface area contributed by atoms with Crippen molar-refractivity contribution >= 4 is 25.6 Å². The van der Waals surface area contributed by atoms with E-state index in [1.54, 1.807) is 13.0 Å². The molecule has 1 amide bonds. The molecule has 0 aliphatic carbocycles. The topological polar surface area (TPSA) is 54.5 Å². The second-order valence-corrected chi connectivity index (χ2v) is 8.40. The maximum absolute atomic E-state index is 12.7. The quantitative estimate of drug-likeness (QED) is 0.783. The number of benzene rings is 1. The molecule has 1 aliphatic rings. The molecule has 21 heavy (non-hydrogen) atoms. The Labute approximate surface area is 130 Å². The maximum atomic E-state index is 12.7. The molecule has 1 aromatic rings. The molecule has 0 spiro atoms. The predicted octanol–water partition coefficient (Wildman–Crippen LogP) is 3.18. The largest absolute Gasteiger partial charge is 0.336 e. The number of hydrogen-bond donors (Lipinski definition) is 0. The molecule has 1 aromatic carbocycles. The molecule has 2 atom stereocenters. The smallest absolute Gasteiger partial charge is 0.261 e. The summed E-state index contributed by atoms with van der Waals surface area (Å²) in [5.41, 5.74) is 1.09. The fourth-order valence-electron chi connectivity index (χ4n) is 2.80. The van der Waals surface area contributed by atoms with Crippen LogP contribution in [0.15, 0.2) is 23.1 Å². The third-order valence-corrected chi connectivity index (χ3v) is 5.55. The normalized spacial score (nSPS) is 23.1. The van der Waals surface area contributed by atoms with Crippen LogP contribution in [0.5, 0.6) is 0 Å². The minimum Gasteiger partial charge on any atom is -0.336 e. The Morgan fingerprint density at radius 3 is 2.57 bits per heavy atom. The lowest BCUT2D eigenvalue weighted by Crippen LogP contribution is -2.46. The van der Waals surface area contributed by atoms with Crippen LogP contribution in [-0.2, 0) is 9.05 Å². The number of nitrogens with zero attached hydrogens (tertiary/aromatic N) is 1. The summed E-state index contributed by atoms with van der Waals surface area (Å²) in [6.07, 6.45) is 2.09. The van der Waals surface area contributed by atoms with Crippen LogP contribution in [0, 0.1) is 12.8 Å². The van der Waals surface area contributed by atoms with Gasteiger partial charge in [-0.1, -0.05) is 6.92 Å². The molecule has 6 heteroatoms. The third-order valence-electron chi connectivity index (χ3n) is 4.21. The maximum Gasteiger partial charge on any atom is 0.261 e. The summed E-state index contributed by atoms with van der Waals surface area (Å²) in [6.45, 7) is 6.64. The van der Waals surface area contributed by atoms with Gasteiger partial charge < -0.3 is 4.90 Å². The van der Waals surface area contributed by atoms with E-state index in [2.05, 4.69) is 6.92 Å². The van der Waals surface area contributed by atoms with E-state index < -0.39 is 9.05 Å². The fraction of sp³-hybridized carbons (Fsp3) is 0.533. The molecule has 0 aromatic heterocycles. The Bertz CT molecular complexity index is 657. The van der Waals surface area contributed by atoms with Gasteiger partial charge in [0.15, 0.2) is 0 Å². The highest BCUT2D eigenvalue weighted by molar-refractivity contribution is 8.13. The number of likely N-dealkylation sites (tertiary alicyclic amines) is 1. The Morgan fingerprint density at radius 1 is 1.29 bits per heavy atom. The average molecular weight is 330 g/mol. The van der Waals surface area contributed by atoms with Crippen molar-refractivity contribution in [2.24, 2.45) is 5.92 Å². The molecule has 0 radical (unpaired) electrons. The van der Waals surface area contributed by atoms with Crippen LogP contribution < -0.4 is 0 Å². The number of rotatable bonds is 2. The van der Waals surface area contributed by atoms with Crippen LogP contribution >= 0.6 is 10.7 Å². The van der Waals surface area contributed by atoms with Gasteiger partial charge in [0, 0.05) is 28.8 Å². The van der Waals surface area contributed by atoms with Crippen molar-refractivity contribution in [2.45, 2.75) is 44.6 Å². The molecule has 4 nitrogen and oxygen atoms in total. The van der Waals surface area contributed by atoms with Crippen molar-refractivity contribution in [3.63, 3.8) is 0 Å². The van der Waals surface area contributed by atoms with Crippen LogP contribution in [0.25, 0.3) is 0 Å². The van der Waals surface area contributed by atoms with Crippen LogP contribution in [0.1, 0.15) is 42.6 Å². The summed E-state index contributed by atoms with van der Waals surface area (Å²) in [6, 6.07) is 4.70. The van der Waals surface area contributed by atoms with E-state index in [1.807, 2.05) is 11.8 Å². The van der Waals surface area contributed by atoms with E-state index in [9.17, 15) is 13.2 Å². The number of hydrogen-bond acceptors (Lipinski definition) is 3. The highest BCUT2D eigenvalue weighted by atomic mass is 35.7. The molecular weight excluding hydrogens is 310 g/mol. The molecule has 2 unspecified atom stereocenters. The van der Waals surface area contributed by atoms with Gasteiger partial charge >= 0.3 is 0 Å². The second-order valence-electron chi connectivity index (χ2n) is 5.83.